The summed E-state index contributed by atoms with van der Waals surface area (Å²) in [4.78, 5) is 16.7. The van der Waals surface area contributed by atoms with Gasteiger partial charge in [-0.2, -0.15) is 0 Å². The van der Waals surface area contributed by atoms with Gasteiger partial charge in [0.1, 0.15) is 0 Å². The molecule has 2 rings (SSSR count). The van der Waals surface area contributed by atoms with E-state index >= 15 is 0 Å². The number of aliphatic hydroxyl groups excluding tert-OH is 1. The molecule has 22 heavy (non-hydrogen) atoms. The highest BCUT2D eigenvalue weighted by Gasteiger charge is 2.30. The molecule has 0 saturated carbocycles. The highest BCUT2D eigenvalue weighted by atomic mass is 16.3. The summed E-state index contributed by atoms with van der Waals surface area (Å²) in [6.45, 7) is 6.22. The Bertz CT molecular complexity index is 475. The van der Waals surface area contributed by atoms with Crippen molar-refractivity contribution < 1.29 is 9.90 Å². The normalized spacial score (nSPS) is 22.1. The van der Waals surface area contributed by atoms with Gasteiger partial charge in [0.15, 0.2) is 0 Å². The minimum atomic E-state index is -0.299. The second-order valence-electron chi connectivity index (χ2n) is 6.49. The van der Waals surface area contributed by atoms with Crippen molar-refractivity contribution in [2.75, 3.05) is 20.1 Å². The Kier molecular flexibility index (Phi) is 5.98. The molecule has 0 aliphatic carbocycles. The Hall–Kier alpha value is -1.39. The van der Waals surface area contributed by atoms with Gasteiger partial charge in [-0.1, -0.05) is 30.3 Å². The zero-order valence-electron chi connectivity index (χ0n) is 13.9. The van der Waals surface area contributed by atoms with Gasteiger partial charge in [0.05, 0.1) is 12.1 Å². The van der Waals surface area contributed by atoms with E-state index in [4.69, 9.17) is 0 Å². The highest BCUT2D eigenvalue weighted by molar-refractivity contribution is 5.81. The van der Waals surface area contributed by atoms with Gasteiger partial charge < -0.3 is 10.0 Å². The van der Waals surface area contributed by atoms with E-state index in [0.29, 0.717) is 6.54 Å². The monoisotopic (exact) mass is 304 g/mol. The SMILES string of the molecule is CC(O)C1CCCN(C(C)C(=O)N(C)Cc2ccccc2)C1. The second kappa shape index (κ2) is 7.75. The van der Waals surface area contributed by atoms with Crippen molar-refractivity contribution in [2.45, 2.75) is 45.4 Å². The molecular formula is C18H28N2O2. The van der Waals surface area contributed by atoms with Crippen LogP contribution in [0.15, 0.2) is 30.3 Å². The predicted octanol–water partition coefficient (Wildman–Crippen LogP) is 2.13. The first-order chi connectivity index (χ1) is 10.5. The lowest BCUT2D eigenvalue weighted by atomic mass is 9.92. The van der Waals surface area contributed by atoms with Crippen molar-refractivity contribution in [3.63, 3.8) is 0 Å². The maximum atomic E-state index is 12.6. The van der Waals surface area contributed by atoms with E-state index in [9.17, 15) is 9.90 Å². The number of amides is 1. The topological polar surface area (TPSA) is 43.8 Å². The summed E-state index contributed by atoms with van der Waals surface area (Å²) < 4.78 is 0. The lowest BCUT2D eigenvalue weighted by molar-refractivity contribution is -0.136. The minimum absolute atomic E-state index is 0.129. The molecule has 4 heteroatoms. The van der Waals surface area contributed by atoms with Crippen LogP contribution < -0.4 is 0 Å². The van der Waals surface area contributed by atoms with Crippen LogP contribution in [0.1, 0.15) is 32.3 Å². The Balaban J connectivity index is 1.93. The van der Waals surface area contributed by atoms with Crippen LogP contribution >= 0.6 is 0 Å². The minimum Gasteiger partial charge on any atom is -0.393 e. The van der Waals surface area contributed by atoms with Crippen molar-refractivity contribution in [1.29, 1.82) is 0 Å². The molecule has 0 spiro atoms. The molecule has 3 atom stereocenters. The number of benzene rings is 1. The van der Waals surface area contributed by atoms with Crippen molar-refractivity contribution in [1.82, 2.24) is 9.80 Å². The van der Waals surface area contributed by atoms with Gasteiger partial charge in [-0.05, 0) is 44.7 Å². The van der Waals surface area contributed by atoms with E-state index in [0.717, 1.165) is 31.5 Å². The first kappa shape index (κ1) is 17.0. The molecule has 4 nitrogen and oxygen atoms in total. The van der Waals surface area contributed by atoms with Crippen LogP contribution in [0.2, 0.25) is 0 Å². The molecule has 1 amide bonds. The zero-order chi connectivity index (χ0) is 16.1. The Morgan fingerprint density at radius 2 is 2.05 bits per heavy atom. The number of piperidine rings is 1. The van der Waals surface area contributed by atoms with E-state index < -0.39 is 0 Å². The van der Waals surface area contributed by atoms with Crippen LogP contribution in [0.5, 0.6) is 0 Å². The van der Waals surface area contributed by atoms with Gasteiger partial charge in [0.25, 0.3) is 0 Å². The van der Waals surface area contributed by atoms with Gasteiger partial charge in [-0.15, -0.1) is 0 Å². The fourth-order valence-electron chi connectivity index (χ4n) is 3.20. The van der Waals surface area contributed by atoms with E-state index in [-0.39, 0.29) is 24.0 Å². The van der Waals surface area contributed by atoms with Gasteiger partial charge >= 0.3 is 0 Å². The van der Waals surface area contributed by atoms with Crippen LogP contribution in [0.3, 0.4) is 0 Å². The molecule has 1 aliphatic rings. The van der Waals surface area contributed by atoms with Crippen molar-refractivity contribution in [3.8, 4) is 0 Å². The number of carbonyl (C=O) groups is 1. The highest BCUT2D eigenvalue weighted by Crippen LogP contribution is 2.22. The summed E-state index contributed by atoms with van der Waals surface area (Å²) in [5, 5.41) is 9.80. The number of likely N-dealkylation sites (tertiary alicyclic amines) is 1. The first-order valence-corrected chi connectivity index (χ1v) is 8.20. The van der Waals surface area contributed by atoms with Gasteiger partial charge in [0, 0.05) is 20.1 Å². The summed E-state index contributed by atoms with van der Waals surface area (Å²) in [6, 6.07) is 9.93. The molecule has 1 aromatic rings. The van der Waals surface area contributed by atoms with Crippen LogP contribution in [-0.2, 0) is 11.3 Å². The van der Waals surface area contributed by atoms with Gasteiger partial charge in [0.2, 0.25) is 5.91 Å². The number of hydrogen-bond donors (Lipinski definition) is 1. The lowest BCUT2D eigenvalue weighted by Crippen LogP contribution is -2.50. The van der Waals surface area contributed by atoms with E-state index in [1.54, 1.807) is 4.90 Å². The summed E-state index contributed by atoms with van der Waals surface area (Å²) >= 11 is 0. The molecule has 0 bridgehead atoms. The average Bonchev–Trinajstić information content (AvgIpc) is 2.54. The first-order valence-electron chi connectivity index (χ1n) is 8.20. The van der Waals surface area contributed by atoms with Gasteiger partial charge in [-0.25, -0.2) is 0 Å². The van der Waals surface area contributed by atoms with Crippen molar-refractivity contribution >= 4 is 5.91 Å². The molecule has 1 aromatic carbocycles. The number of hydrogen-bond acceptors (Lipinski definition) is 3. The maximum absolute atomic E-state index is 12.6. The number of carbonyl (C=O) groups excluding carboxylic acids is 1. The summed E-state index contributed by atoms with van der Waals surface area (Å²) in [5.41, 5.74) is 1.14. The number of likely N-dealkylation sites (N-methyl/N-ethyl adjacent to an activating group) is 1. The van der Waals surface area contributed by atoms with E-state index in [2.05, 4.69) is 4.90 Å². The number of nitrogens with zero attached hydrogens (tertiary/aromatic N) is 2. The van der Waals surface area contributed by atoms with Crippen LogP contribution in [0.4, 0.5) is 0 Å². The molecule has 0 radical (unpaired) electrons. The molecule has 1 aliphatic heterocycles. The quantitative estimate of drug-likeness (QED) is 0.906. The third-order valence-corrected chi connectivity index (χ3v) is 4.72. The standard InChI is InChI=1S/C18H28N2O2/c1-14(20-11-7-10-17(13-20)15(2)21)18(22)19(3)12-16-8-5-4-6-9-16/h4-6,8-9,14-15,17,21H,7,10-13H2,1-3H3. The summed E-state index contributed by atoms with van der Waals surface area (Å²) in [5.74, 6) is 0.429. The molecule has 1 heterocycles. The maximum Gasteiger partial charge on any atom is 0.239 e. The number of aliphatic hydroxyl groups is 1. The molecule has 0 aromatic heterocycles. The predicted molar refractivity (Wildman–Crippen MR) is 88.4 cm³/mol. The molecule has 122 valence electrons. The Labute approximate surface area is 133 Å². The summed E-state index contributed by atoms with van der Waals surface area (Å²) in [6.07, 6.45) is 1.80. The Morgan fingerprint density at radius 1 is 1.36 bits per heavy atom. The van der Waals surface area contributed by atoms with Crippen LogP contribution in [-0.4, -0.2) is 53.1 Å². The lowest BCUT2D eigenvalue weighted by Gasteiger charge is -2.38. The van der Waals surface area contributed by atoms with Crippen molar-refractivity contribution in [2.24, 2.45) is 5.92 Å². The average molecular weight is 304 g/mol. The van der Waals surface area contributed by atoms with E-state index in [1.165, 1.54) is 0 Å². The second-order valence-corrected chi connectivity index (χ2v) is 6.49. The number of rotatable bonds is 5. The largest absolute Gasteiger partial charge is 0.393 e. The molecular weight excluding hydrogens is 276 g/mol. The van der Waals surface area contributed by atoms with Crippen LogP contribution in [0.25, 0.3) is 0 Å². The molecule has 3 unspecified atom stereocenters. The fraction of sp³-hybridized carbons (Fsp3) is 0.611. The summed E-state index contributed by atoms with van der Waals surface area (Å²) in [7, 11) is 1.86. The third kappa shape index (κ3) is 4.31. The smallest absolute Gasteiger partial charge is 0.239 e. The van der Waals surface area contributed by atoms with Crippen molar-refractivity contribution in [3.05, 3.63) is 35.9 Å². The van der Waals surface area contributed by atoms with Gasteiger partial charge in [-0.3, -0.25) is 9.69 Å². The van der Waals surface area contributed by atoms with E-state index in [1.807, 2.05) is 51.2 Å². The molecule has 1 N–H and O–H groups in total. The third-order valence-electron chi connectivity index (χ3n) is 4.72. The zero-order valence-corrected chi connectivity index (χ0v) is 13.9. The molecule has 1 saturated heterocycles. The molecule has 1 fully saturated rings. The Morgan fingerprint density at radius 3 is 2.68 bits per heavy atom. The fourth-order valence-corrected chi connectivity index (χ4v) is 3.20. The van der Waals surface area contributed by atoms with Crippen LogP contribution in [0, 0.1) is 5.92 Å².